The van der Waals surface area contributed by atoms with Gasteiger partial charge in [-0.1, -0.05) is 66.0 Å². The fraction of sp³-hybridized carbons (Fsp3) is 0.667. The summed E-state index contributed by atoms with van der Waals surface area (Å²) in [6, 6.07) is 0. The molecule has 5 heteroatoms. The first-order chi connectivity index (χ1) is 7.65. The van der Waals surface area contributed by atoms with Gasteiger partial charge in [-0.3, -0.25) is 0 Å². The van der Waals surface area contributed by atoms with E-state index in [1.807, 2.05) is 14.2 Å². The summed E-state index contributed by atoms with van der Waals surface area (Å²) < 4.78 is 9.93. The van der Waals surface area contributed by atoms with Crippen LogP contribution in [0.3, 0.4) is 0 Å². The van der Waals surface area contributed by atoms with E-state index >= 15 is 0 Å². The summed E-state index contributed by atoms with van der Waals surface area (Å²) >= 11 is 4.26. The highest BCUT2D eigenvalue weighted by atomic mass is 127. The maximum atomic E-state index is 10.0. The zero-order valence-corrected chi connectivity index (χ0v) is 16.4. The number of hydrogen-bond acceptors (Lipinski definition) is 2. The zero-order valence-electron chi connectivity index (χ0n) is 11.1. The molecule has 0 bridgehead atoms. The monoisotopic (exact) mass is 480 g/mol. The Morgan fingerprint density at radius 3 is 1.94 bits per heavy atom. The molecule has 0 radical (unpaired) electrons. The lowest BCUT2D eigenvalue weighted by Crippen LogP contribution is -2.46. The maximum absolute atomic E-state index is 10.0. The quantitative estimate of drug-likeness (QED) is 0.460. The summed E-state index contributed by atoms with van der Waals surface area (Å²) in [6.45, 7) is 11.0. The summed E-state index contributed by atoms with van der Waals surface area (Å²) in [5, 5.41) is 10.2. The highest BCUT2D eigenvalue weighted by molar-refractivity contribution is 14.1. The largest absolute Gasteiger partial charge is 0.408 e. The normalized spacial score (nSPS) is 17.9. The average Bonchev–Trinajstić information content (AvgIpc) is 2.15. The third-order valence-electron chi connectivity index (χ3n) is 3.11. The predicted molar refractivity (Wildman–Crippen MR) is 94.4 cm³/mol. The van der Waals surface area contributed by atoms with Crippen molar-refractivity contribution in [3.05, 3.63) is 20.3 Å². The molecule has 2 atom stereocenters. The first-order valence-electron chi connectivity index (χ1n) is 5.55. The van der Waals surface area contributed by atoms with Crippen LogP contribution in [0.5, 0.6) is 0 Å². The molecule has 0 fully saturated rings. The van der Waals surface area contributed by atoms with Crippen LogP contribution in [-0.2, 0) is 4.43 Å². The summed E-state index contributed by atoms with van der Waals surface area (Å²) in [5.74, 6) is 0. The Balaban J connectivity index is 4.89. The van der Waals surface area contributed by atoms with Crippen LogP contribution in [0.25, 0.3) is 0 Å². The smallest absolute Gasteiger partial charge is 0.193 e. The van der Waals surface area contributed by atoms with Crippen LogP contribution in [0.1, 0.15) is 20.8 Å². The number of rotatable bonds is 5. The van der Waals surface area contributed by atoms with Gasteiger partial charge < -0.3 is 9.53 Å². The van der Waals surface area contributed by atoms with Gasteiger partial charge >= 0.3 is 0 Å². The zero-order chi connectivity index (χ0) is 13.7. The molecule has 0 aromatic heterocycles. The standard InChI is InChI=1S/C12H22I2O2Si/c1-12(2,3)17(4,5)16-11(7-9-14)10(15)6-8-13/h6-11,15H,1-5H3/b8-6+,9-7+/t10-,11-/m1/s1. The van der Waals surface area contributed by atoms with Crippen molar-refractivity contribution in [1.82, 2.24) is 0 Å². The number of halogens is 2. The minimum absolute atomic E-state index is 0.151. The van der Waals surface area contributed by atoms with Crippen molar-refractivity contribution in [2.24, 2.45) is 0 Å². The fourth-order valence-corrected chi connectivity index (χ4v) is 3.08. The Kier molecular flexibility index (Phi) is 8.10. The number of aliphatic hydroxyl groups is 1. The first-order valence-corrected chi connectivity index (χ1v) is 11.0. The molecule has 0 spiro atoms. The highest BCUT2D eigenvalue weighted by Crippen LogP contribution is 2.37. The molecule has 0 aromatic rings. The van der Waals surface area contributed by atoms with E-state index < -0.39 is 14.4 Å². The van der Waals surface area contributed by atoms with Crippen LogP contribution in [0.2, 0.25) is 18.1 Å². The van der Waals surface area contributed by atoms with Crippen LogP contribution in [0, 0.1) is 0 Å². The fourth-order valence-electron chi connectivity index (χ4n) is 0.996. The molecule has 100 valence electrons. The van der Waals surface area contributed by atoms with Crippen LogP contribution in [0.15, 0.2) is 20.3 Å². The Bertz CT molecular complexity index is 283. The van der Waals surface area contributed by atoms with Crippen molar-refractivity contribution in [2.75, 3.05) is 0 Å². The molecule has 0 saturated heterocycles. The molecule has 0 rings (SSSR count). The summed E-state index contributed by atoms with van der Waals surface area (Å²) in [5.41, 5.74) is 0. The van der Waals surface area contributed by atoms with Crippen molar-refractivity contribution < 1.29 is 9.53 Å². The van der Waals surface area contributed by atoms with Crippen molar-refractivity contribution in [1.29, 1.82) is 0 Å². The van der Waals surface area contributed by atoms with E-state index in [0.717, 1.165) is 0 Å². The molecular formula is C12H22I2O2Si. The molecule has 17 heavy (non-hydrogen) atoms. The minimum atomic E-state index is -1.85. The minimum Gasteiger partial charge on any atom is -0.408 e. The maximum Gasteiger partial charge on any atom is 0.193 e. The van der Waals surface area contributed by atoms with Crippen molar-refractivity contribution in [3.63, 3.8) is 0 Å². The second kappa shape index (κ2) is 7.61. The van der Waals surface area contributed by atoms with Crippen molar-refractivity contribution in [3.8, 4) is 0 Å². The Hall–Kier alpha value is 1.08. The van der Waals surface area contributed by atoms with Gasteiger partial charge in [0.25, 0.3) is 0 Å². The number of hydrogen-bond donors (Lipinski definition) is 1. The lowest BCUT2D eigenvalue weighted by molar-refractivity contribution is 0.0878. The summed E-state index contributed by atoms with van der Waals surface area (Å²) in [4.78, 5) is 0. The van der Waals surface area contributed by atoms with Gasteiger partial charge in [-0.15, -0.1) is 0 Å². The van der Waals surface area contributed by atoms with E-state index in [2.05, 4.69) is 79.0 Å². The third-order valence-corrected chi connectivity index (χ3v) is 8.41. The van der Waals surface area contributed by atoms with Crippen molar-refractivity contribution >= 4 is 53.5 Å². The van der Waals surface area contributed by atoms with Crippen LogP contribution >= 0.6 is 45.2 Å². The van der Waals surface area contributed by atoms with E-state index in [0.29, 0.717) is 0 Å². The van der Waals surface area contributed by atoms with Crippen LogP contribution < -0.4 is 0 Å². The topological polar surface area (TPSA) is 29.5 Å². The van der Waals surface area contributed by atoms with Gasteiger partial charge in [-0.25, -0.2) is 0 Å². The van der Waals surface area contributed by atoms with Gasteiger partial charge in [0.1, 0.15) is 6.10 Å². The second-order valence-electron chi connectivity index (χ2n) is 5.47. The lowest BCUT2D eigenvalue weighted by Gasteiger charge is -2.39. The summed E-state index contributed by atoms with van der Waals surface area (Å²) in [7, 11) is -1.85. The van der Waals surface area contributed by atoms with Gasteiger partial charge in [0.05, 0.1) is 6.10 Å². The molecule has 0 aromatic carbocycles. The lowest BCUT2D eigenvalue weighted by atomic mass is 10.2. The molecule has 0 aliphatic heterocycles. The van der Waals surface area contributed by atoms with Crippen LogP contribution in [-0.4, -0.2) is 25.6 Å². The predicted octanol–water partition coefficient (Wildman–Crippen LogP) is 4.64. The van der Waals surface area contributed by atoms with E-state index in [1.165, 1.54) is 0 Å². The third kappa shape index (κ3) is 6.17. The molecular weight excluding hydrogens is 458 g/mol. The van der Waals surface area contributed by atoms with E-state index in [-0.39, 0.29) is 11.1 Å². The Morgan fingerprint density at radius 1 is 1.12 bits per heavy atom. The molecule has 0 saturated carbocycles. The Morgan fingerprint density at radius 2 is 1.59 bits per heavy atom. The van der Waals surface area contributed by atoms with Gasteiger partial charge in [-0.2, -0.15) is 0 Å². The van der Waals surface area contributed by atoms with E-state index in [1.54, 1.807) is 6.08 Å². The van der Waals surface area contributed by atoms with Crippen molar-refractivity contribution in [2.45, 2.75) is 51.1 Å². The molecule has 0 aliphatic rings. The molecule has 0 heterocycles. The van der Waals surface area contributed by atoms with Gasteiger partial charge in [-0.05, 0) is 38.4 Å². The molecule has 0 unspecified atom stereocenters. The average molecular weight is 480 g/mol. The van der Waals surface area contributed by atoms with Gasteiger partial charge in [0, 0.05) is 0 Å². The molecule has 0 aliphatic carbocycles. The first kappa shape index (κ1) is 18.1. The molecule has 2 nitrogen and oxygen atoms in total. The summed E-state index contributed by atoms with van der Waals surface area (Å²) in [6.07, 6.45) is 2.85. The number of aliphatic hydroxyl groups excluding tert-OH is 1. The van der Waals surface area contributed by atoms with Gasteiger partial charge in [0.2, 0.25) is 0 Å². The molecule has 1 N–H and O–H groups in total. The second-order valence-corrected chi connectivity index (χ2v) is 11.7. The van der Waals surface area contributed by atoms with Gasteiger partial charge in [0.15, 0.2) is 8.32 Å². The Labute approximate surface area is 133 Å². The molecule has 0 amide bonds. The SMILES string of the molecule is CC(C)(C)[Si](C)(C)O[C@H](/C=C/I)[C@H](O)/C=C/I. The van der Waals surface area contributed by atoms with Crippen LogP contribution in [0.4, 0.5) is 0 Å². The van der Waals surface area contributed by atoms with E-state index in [9.17, 15) is 5.11 Å². The van der Waals surface area contributed by atoms with E-state index in [4.69, 9.17) is 4.43 Å². The highest BCUT2D eigenvalue weighted by Gasteiger charge is 2.39.